The molecule has 0 bridgehead atoms. The van der Waals surface area contributed by atoms with Gasteiger partial charge < -0.3 is 10.4 Å². The molecule has 3 unspecified atom stereocenters. The summed E-state index contributed by atoms with van der Waals surface area (Å²) in [4.78, 5) is 14.7. The number of carbonyl (C=O) groups excluding carboxylic acids is 1. The second-order valence-corrected chi connectivity index (χ2v) is 7.31. The molecule has 116 valence electrons. The van der Waals surface area contributed by atoms with Crippen LogP contribution in [0.25, 0.3) is 0 Å². The van der Waals surface area contributed by atoms with Crippen LogP contribution in [0.4, 0.5) is 0 Å². The van der Waals surface area contributed by atoms with Gasteiger partial charge in [-0.3, -0.25) is 4.79 Å². The zero-order valence-corrected chi connectivity index (χ0v) is 13.5. The molecule has 0 radical (unpaired) electrons. The molecule has 1 aromatic carbocycles. The summed E-state index contributed by atoms with van der Waals surface area (Å²) in [6.45, 7) is 2.41. The second-order valence-electron chi connectivity index (χ2n) is 5.99. The quantitative estimate of drug-likeness (QED) is 0.861. The molecule has 4 heteroatoms. The normalized spacial score (nSPS) is 21.4. The van der Waals surface area contributed by atoms with E-state index in [0.29, 0.717) is 18.9 Å². The Labute approximate surface area is 135 Å². The lowest BCUT2D eigenvalue weighted by Gasteiger charge is -2.12. The van der Waals surface area contributed by atoms with Gasteiger partial charge in [-0.1, -0.05) is 30.3 Å². The predicted octanol–water partition coefficient (Wildman–Crippen LogP) is 2.88. The van der Waals surface area contributed by atoms with Crippen molar-refractivity contribution in [3.63, 3.8) is 0 Å². The molecule has 3 rings (SSSR count). The molecule has 0 spiro atoms. The molecule has 0 saturated heterocycles. The summed E-state index contributed by atoms with van der Waals surface area (Å²) in [6.07, 6.45) is 0.965. The molecule has 1 aliphatic rings. The Kier molecular flexibility index (Phi) is 4.60. The lowest BCUT2D eigenvalue weighted by molar-refractivity contribution is -0.122. The summed E-state index contributed by atoms with van der Waals surface area (Å²) in [5.41, 5.74) is 1.09. The van der Waals surface area contributed by atoms with Crippen molar-refractivity contribution in [2.75, 3.05) is 6.54 Å². The Morgan fingerprint density at radius 2 is 2.09 bits per heavy atom. The van der Waals surface area contributed by atoms with Crippen molar-refractivity contribution in [3.8, 4) is 0 Å². The topological polar surface area (TPSA) is 49.3 Å². The van der Waals surface area contributed by atoms with Crippen molar-refractivity contribution >= 4 is 17.2 Å². The van der Waals surface area contributed by atoms with Gasteiger partial charge >= 0.3 is 0 Å². The van der Waals surface area contributed by atoms with E-state index >= 15 is 0 Å². The highest BCUT2D eigenvalue weighted by Crippen LogP contribution is 2.49. The highest BCUT2D eigenvalue weighted by molar-refractivity contribution is 7.12. The van der Waals surface area contributed by atoms with Gasteiger partial charge in [-0.2, -0.15) is 0 Å². The van der Waals surface area contributed by atoms with Crippen LogP contribution in [0.1, 0.15) is 27.7 Å². The number of nitrogens with one attached hydrogen (secondary N) is 1. The van der Waals surface area contributed by atoms with Crippen LogP contribution in [0, 0.1) is 12.8 Å². The summed E-state index contributed by atoms with van der Waals surface area (Å²) in [5.74, 6) is 0.537. The third-order valence-corrected chi connectivity index (χ3v) is 5.21. The maximum Gasteiger partial charge on any atom is 0.223 e. The fraction of sp³-hybridized carbons (Fsp3) is 0.389. The minimum atomic E-state index is -0.535. The van der Waals surface area contributed by atoms with Crippen molar-refractivity contribution < 1.29 is 9.90 Å². The van der Waals surface area contributed by atoms with E-state index in [1.54, 1.807) is 11.3 Å². The van der Waals surface area contributed by atoms with Crippen molar-refractivity contribution in [1.29, 1.82) is 0 Å². The first-order chi connectivity index (χ1) is 10.6. The minimum absolute atomic E-state index is 0.0724. The zero-order chi connectivity index (χ0) is 15.5. The third kappa shape index (κ3) is 3.76. The average Bonchev–Trinajstić information content (AvgIpc) is 3.21. The molecule has 3 atom stereocenters. The molecule has 1 aromatic heterocycles. The first-order valence-electron chi connectivity index (χ1n) is 7.69. The van der Waals surface area contributed by atoms with Gasteiger partial charge in [0.1, 0.15) is 0 Å². The number of hydrogen-bond donors (Lipinski definition) is 2. The van der Waals surface area contributed by atoms with Crippen LogP contribution in [0.5, 0.6) is 0 Å². The lowest BCUT2D eigenvalue weighted by atomic mass is 10.1. The van der Waals surface area contributed by atoms with Crippen molar-refractivity contribution in [3.05, 3.63) is 57.8 Å². The summed E-state index contributed by atoms with van der Waals surface area (Å²) in [5, 5.41) is 12.9. The largest absolute Gasteiger partial charge is 0.391 e. The van der Waals surface area contributed by atoms with Gasteiger partial charge in [0.05, 0.1) is 6.10 Å². The van der Waals surface area contributed by atoms with Gasteiger partial charge in [0.25, 0.3) is 0 Å². The number of carbonyl (C=O) groups is 1. The monoisotopic (exact) mass is 315 g/mol. The van der Waals surface area contributed by atoms with E-state index in [-0.39, 0.29) is 11.8 Å². The summed E-state index contributed by atoms with van der Waals surface area (Å²) in [7, 11) is 0. The van der Waals surface area contributed by atoms with Crippen LogP contribution in [0.3, 0.4) is 0 Å². The van der Waals surface area contributed by atoms with Gasteiger partial charge in [0.15, 0.2) is 0 Å². The second kappa shape index (κ2) is 6.63. The molecule has 1 aliphatic carbocycles. The molecular formula is C18H21NO2S. The van der Waals surface area contributed by atoms with Crippen LogP contribution >= 0.6 is 11.3 Å². The molecule has 0 aliphatic heterocycles. The molecule has 1 amide bonds. The number of rotatable bonds is 6. The van der Waals surface area contributed by atoms with E-state index in [1.807, 2.05) is 30.3 Å². The molecular weight excluding hydrogens is 294 g/mol. The predicted molar refractivity (Wildman–Crippen MR) is 89.1 cm³/mol. The van der Waals surface area contributed by atoms with E-state index in [4.69, 9.17) is 0 Å². The van der Waals surface area contributed by atoms with Crippen molar-refractivity contribution in [2.45, 2.75) is 31.8 Å². The van der Waals surface area contributed by atoms with Crippen LogP contribution in [0.15, 0.2) is 42.5 Å². The number of thiophene rings is 1. The summed E-state index contributed by atoms with van der Waals surface area (Å²) < 4.78 is 0. The molecule has 1 heterocycles. The molecule has 22 heavy (non-hydrogen) atoms. The standard InChI is InChI=1S/C18H21NO2S/c1-12-7-8-17(22-12)15-10-16(15)18(21)19-11-14(20)9-13-5-3-2-4-6-13/h2-8,14-16,20H,9-11H2,1H3,(H,19,21). The summed E-state index contributed by atoms with van der Waals surface area (Å²) >= 11 is 1.78. The molecule has 1 fully saturated rings. The van der Waals surface area contributed by atoms with Crippen molar-refractivity contribution in [1.82, 2.24) is 5.32 Å². The van der Waals surface area contributed by atoms with E-state index in [0.717, 1.165) is 12.0 Å². The maximum absolute atomic E-state index is 12.1. The van der Waals surface area contributed by atoms with E-state index in [9.17, 15) is 9.90 Å². The highest BCUT2D eigenvalue weighted by atomic mass is 32.1. The number of hydrogen-bond acceptors (Lipinski definition) is 3. The fourth-order valence-electron chi connectivity index (χ4n) is 2.76. The first kappa shape index (κ1) is 15.3. The average molecular weight is 315 g/mol. The van der Waals surface area contributed by atoms with Gasteiger partial charge in [-0.25, -0.2) is 0 Å². The smallest absolute Gasteiger partial charge is 0.223 e. The first-order valence-corrected chi connectivity index (χ1v) is 8.51. The Morgan fingerprint density at radius 1 is 1.32 bits per heavy atom. The van der Waals surface area contributed by atoms with Gasteiger partial charge in [0.2, 0.25) is 5.91 Å². The van der Waals surface area contributed by atoms with Crippen LogP contribution in [-0.2, 0) is 11.2 Å². The van der Waals surface area contributed by atoms with Crippen LogP contribution in [-0.4, -0.2) is 23.7 Å². The number of aliphatic hydroxyl groups is 1. The third-order valence-electron chi connectivity index (χ3n) is 4.08. The van der Waals surface area contributed by atoms with E-state index in [2.05, 4.69) is 24.4 Å². The van der Waals surface area contributed by atoms with E-state index in [1.165, 1.54) is 9.75 Å². The molecule has 2 aromatic rings. The molecule has 2 N–H and O–H groups in total. The number of benzene rings is 1. The number of aliphatic hydroxyl groups excluding tert-OH is 1. The van der Waals surface area contributed by atoms with Gasteiger partial charge in [-0.15, -0.1) is 11.3 Å². The highest BCUT2D eigenvalue weighted by Gasteiger charge is 2.44. The maximum atomic E-state index is 12.1. The van der Waals surface area contributed by atoms with Crippen LogP contribution in [0.2, 0.25) is 0 Å². The molecule has 3 nitrogen and oxygen atoms in total. The Hall–Kier alpha value is -1.65. The zero-order valence-electron chi connectivity index (χ0n) is 12.7. The Bertz CT molecular complexity index is 638. The number of aryl methyl sites for hydroxylation is 1. The number of amides is 1. The lowest BCUT2D eigenvalue weighted by Crippen LogP contribution is -2.34. The van der Waals surface area contributed by atoms with Gasteiger partial charge in [-0.05, 0) is 31.0 Å². The van der Waals surface area contributed by atoms with Gasteiger partial charge in [0, 0.05) is 34.6 Å². The van der Waals surface area contributed by atoms with Crippen LogP contribution < -0.4 is 5.32 Å². The minimum Gasteiger partial charge on any atom is -0.391 e. The van der Waals surface area contributed by atoms with Crippen molar-refractivity contribution in [2.24, 2.45) is 5.92 Å². The summed E-state index contributed by atoms with van der Waals surface area (Å²) in [6, 6.07) is 14.1. The Morgan fingerprint density at radius 3 is 2.77 bits per heavy atom. The molecule has 1 saturated carbocycles. The SMILES string of the molecule is Cc1ccc(C2CC2C(=O)NCC(O)Cc2ccccc2)s1. The van der Waals surface area contributed by atoms with E-state index < -0.39 is 6.10 Å². The Balaban J connectivity index is 1.43. The fourth-order valence-corrected chi connectivity index (χ4v) is 3.82.